The molecule has 1 saturated carbocycles. The zero-order chi connectivity index (χ0) is 18.1. The maximum atomic E-state index is 9.92. The van der Waals surface area contributed by atoms with Crippen molar-refractivity contribution < 1.29 is 13.7 Å². The van der Waals surface area contributed by atoms with Crippen LogP contribution in [0.2, 0.25) is 5.15 Å². The van der Waals surface area contributed by atoms with E-state index in [-0.39, 0.29) is 0 Å². The Balaban J connectivity index is 0.000000277. The van der Waals surface area contributed by atoms with Gasteiger partial charge in [-0.15, -0.1) is 11.6 Å². The van der Waals surface area contributed by atoms with E-state index < -0.39 is 11.2 Å². The van der Waals surface area contributed by atoms with Crippen LogP contribution in [0.15, 0.2) is 6.07 Å². The van der Waals surface area contributed by atoms with Crippen molar-refractivity contribution in [3.8, 4) is 5.88 Å². The molecule has 142 valence electrons. The fourth-order valence-electron chi connectivity index (χ4n) is 2.15. The maximum absolute atomic E-state index is 9.92. The summed E-state index contributed by atoms with van der Waals surface area (Å²) in [6, 6.07) is 1.68. The third-order valence-corrected chi connectivity index (χ3v) is 4.50. The number of nitrogens with two attached hydrogens (primary N) is 1. The molecule has 11 heteroatoms. The molecule has 1 aromatic heterocycles. The van der Waals surface area contributed by atoms with Crippen LogP contribution in [0.4, 0.5) is 5.95 Å². The van der Waals surface area contributed by atoms with E-state index >= 15 is 0 Å². The van der Waals surface area contributed by atoms with Gasteiger partial charge in [-0.3, -0.25) is 0 Å². The number of ether oxygens (including phenoxy) is 2. The fraction of sp³-hybridized carbons (Fsp3) is 0.714. The molecule has 3 N–H and O–H groups in total. The first kappa shape index (κ1) is 20.6. The molecule has 2 heterocycles. The van der Waals surface area contributed by atoms with Gasteiger partial charge in [0.25, 0.3) is 0 Å². The van der Waals surface area contributed by atoms with Gasteiger partial charge < -0.3 is 14.4 Å². The largest absolute Gasteiger partial charge is 0.474 e. The first-order valence-electron chi connectivity index (χ1n) is 8.08. The number of rotatable bonds is 6. The van der Waals surface area contributed by atoms with E-state index in [1.165, 1.54) is 6.42 Å². The summed E-state index contributed by atoms with van der Waals surface area (Å²) in [5.41, 5.74) is 0. The third-order valence-electron chi connectivity index (χ3n) is 3.63. The van der Waals surface area contributed by atoms with Gasteiger partial charge in [-0.2, -0.15) is 4.98 Å². The lowest BCUT2D eigenvalue weighted by Crippen LogP contribution is -2.37. The molecule has 25 heavy (non-hydrogen) atoms. The second kappa shape index (κ2) is 11.1. The van der Waals surface area contributed by atoms with Gasteiger partial charge in [0.2, 0.25) is 11.8 Å². The molecule has 8 nitrogen and oxygen atoms in total. The van der Waals surface area contributed by atoms with Crippen molar-refractivity contribution in [2.24, 2.45) is 5.14 Å². The average Bonchev–Trinajstić information content (AvgIpc) is 2.57. The number of anilines is 1. The Morgan fingerprint density at radius 1 is 1.40 bits per heavy atom. The molecule has 1 unspecified atom stereocenters. The monoisotopic (exact) mass is 411 g/mol. The van der Waals surface area contributed by atoms with Gasteiger partial charge in [-0.1, -0.05) is 11.6 Å². The Morgan fingerprint density at radius 2 is 2.12 bits per heavy atom. The second-order valence-electron chi connectivity index (χ2n) is 5.48. The Hall–Kier alpha value is -0.710. The highest BCUT2D eigenvalue weighted by molar-refractivity contribution is 7.80. The van der Waals surface area contributed by atoms with Crippen molar-refractivity contribution in [3.05, 3.63) is 11.2 Å². The molecular weight excluding hydrogens is 389 g/mol. The molecule has 1 aromatic rings. The summed E-state index contributed by atoms with van der Waals surface area (Å²) in [7, 11) is 0. The van der Waals surface area contributed by atoms with Gasteiger partial charge in [0, 0.05) is 31.6 Å². The number of morpholine rings is 1. The minimum Gasteiger partial charge on any atom is -0.474 e. The standard InChI is InChI=1S/C12H16ClN3O2.C2H7ClN2OS/c13-10-8-11(18-9-2-1-3-9)15-12(14-10)16-4-6-17-7-5-16;3-1-2-5-7(4)6/h8-9H,1-7H2;5H,1-2,4H2. The predicted octanol–water partition coefficient (Wildman–Crippen LogP) is 1.25. The van der Waals surface area contributed by atoms with Crippen molar-refractivity contribution in [1.82, 2.24) is 14.7 Å². The lowest BCUT2D eigenvalue weighted by atomic mass is 9.96. The van der Waals surface area contributed by atoms with Gasteiger partial charge in [0.1, 0.15) is 11.3 Å². The van der Waals surface area contributed by atoms with Crippen LogP contribution in [-0.4, -0.2) is 59.0 Å². The maximum Gasteiger partial charge on any atom is 0.230 e. The van der Waals surface area contributed by atoms with Crippen LogP contribution in [0.5, 0.6) is 5.88 Å². The number of hydrogen-bond acceptors (Lipinski definition) is 6. The van der Waals surface area contributed by atoms with Gasteiger partial charge in [-0.05, 0) is 19.3 Å². The summed E-state index contributed by atoms with van der Waals surface area (Å²) in [4.78, 5) is 10.8. The van der Waals surface area contributed by atoms with E-state index in [0.29, 0.717) is 48.7 Å². The number of hydrogen-bond donors (Lipinski definition) is 2. The molecule has 1 aliphatic carbocycles. The van der Waals surface area contributed by atoms with E-state index in [9.17, 15) is 4.21 Å². The van der Waals surface area contributed by atoms with Crippen molar-refractivity contribution in [2.45, 2.75) is 25.4 Å². The molecule has 1 saturated heterocycles. The van der Waals surface area contributed by atoms with Crippen LogP contribution in [0.3, 0.4) is 0 Å². The van der Waals surface area contributed by atoms with Crippen LogP contribution in [0, 0.1) is 0 Å². The summed E-state index contributed by atoms with van der Waals surface area (Å²) >= 11 is 9.82. The molecule has 0 aromatic carbocycles. The lowest BCUT2D eigenvalue weighted by Gasteiger charge is -2.28. The minimum atomic E-state index is -1.40. The van der Waals surface area contributed by atoms with E-state index in [4.69, 9.17) is 37.8 Å². The normalized spacial score (nSPS) is 18.8. The molecule has 0 bridgehead atoms. The van der Waals surface area contributed by atoms with E-state index in [1.807, 2.05) is 0 Å². The van der Waals surface area contributed by atoms with Gasteiger partial charge in [-0.25, -0.2) is 19.1 Å². The van der Waals surface area contributed by atoms with Gasteiger partial charge >= 0.3 is 0 Å². The van der Waals surface area contributed by atoms with E-state index in [1.54, 1.807) is 6.07 Å². The summed E-state index contributed by atoms with van der Waals surface area (Å²) in [6.07, 6.45) is 3.75. The lowest BCUT2D eigenvalue weighted by molar-refractivity contribution is 0.113. The highest BCUT2D eigenvalue weighted by Crippen LogP contribution is 2.26. The fourth-order valence-corrected chi connectivity index (χ4v) is 2.83. The highest BCUT2D eigenvalue weighted by atomic mass is 35.5. The first-order valence-corrected chi connectivity index (χ1v) is 10.2. The van der Waals surface area contributed by atoms with Crippen molar-refractivity contribution in [2.75, 3.05) is 43.6 Å². The molecule has 2 fully saturated rings. The molecular formula is C14H23Cl2N5O3S. The Kier molecular flexibility index (Phi) is 9.14. The summed E-state index contributed by atoms with van der Waals surface area (Å²) in [5, 5.41) is 5.21. The van der Waals surface area contributed by atoms with Crippen molar-refractivity contribution in [1.29, 1.82) is 0 Å². The number of nitrogens with zero attached hydrogens (tertiary/aromatic N) is 3. The molecule has 2 aliphatic rings. The van der Waals surface area contributed by atoms with Crippen LogP contribution in [0.1, 0.15) is 19.3 Å². The average molecular weight is 412 g/mol. The van der Waals surface area contributed by atoms with Gasteiger partial charge in [0.15, 0.2) is 11.2 Å². The molecule has 0 spiro atoms. The highest BCUT2D eigenvalue weighted by Gasteiger charge is 2.21. The quantitative estimate of drug-likeness (QED) is 0.539. The van der Waals surface area contributed by atoms with Crippen LogP contribution >= 0.6 is 23.2 Å². The van der Waals surface area contributed by atoms with Crippen LogP contribution in [-0.2, 0) is 15.9 Å². The number of aromatic nitrogens is 2. The smallest absolute Gasteiger partial charge is 0.230 e. The van der Waals surface area contributed by atoms with Gasteiger partial charge in [0.05, 0.1) is 13.2 Å². The molecule has 1 atom stereocenters. The van der Waals surface area contributed by atoms with E-state index in [0.717, 1.165) is 25.9 Å². The van der Waals surface area contributed by atoms with Crippen molar-refractivity contribution >= 4 is 40.3 Å². The topological polar surface area (TPSA) is 103 Å². The molecule has 0 amide bonds. The minimum absolute atomic E-state index is 0.300. The Bertz CT molecular complexity index is 559. The Morgan fingerprint density at radius 3 is 2.64 bits per heavy atom. The number of alkyl halides is 1. The summed E-state index contributed by atoms with van der Waals surface area (Å²) in [5.74, 6) is 1.66. The molecule has 1 aliphatic heterocycles. The molecule has 3 rings (SSSR count). The first-order chi connectivity index (χ1) is 12.1. The third kappa shape index (κ3) is 7.59. The number of halogens is 2. The summed E-state index contributed by atoms with van der Waals surface area (Å²) in [6.45, 7) is 3.49. The molecule has 0 radical (unpaired) electrons. The second-order valence-corrected chi connectivity index (χ2v) is 7.13. The predicted molar refractivity (Wildman–Crippen MR) is 99.4 cm³/mol. The SMILES string of the molecule is Clc1cc(OC2CCC2)nc(N2CCOCC2)n1.NS(=O)NCCCl. The summed E-state index contributed by atoms with van der Waals surface area (Å²) < 4.78 is 23.4. The van der Waals surface area contributed by atoms with Crippen LogP contribution < -0.4 is 19.5 Å². The zero-order valence-corrected chi connectivity index (χ0v) is 16.2. The van der Waals surface area contributed by atoms with Crippen LogP contribution in [0.25, 0.3) is 0 Å². The van der Waals surface area contributed by atoms with Crippen molar-refractivity contribution in [3.63, 3.8) is 0 Å². The zero-order valence-electron chi connectivity index (χ0n) is 13.8. The number of nitrogens with one attached hydrogen (secondary N) is 1. The Labute approximate surface area is 160 Å². The van der Waals surface area contributed by atoms with E-state index in [2.05, 4.69) is 19.6 Å².